The van der Waals surface area contributed by atoms with E-state index < -0.39 is 0 Å². The molecule has 0 saturated carbocycles. The molecule has 0 saturated heterocycles. The molecule has 8 nitrogen and oxygen atoms in total. The number of amides is 1. The Balaban J connectivity index is 1.45. The van der Waals surface area contributed by atoms with Crippen molar-refractivity contribution in [2.45, 2.75) is 26.7 Å². The van der Waals surface area contributed by atoms with Gasteiger partial charge in [0.15, 0.2) is 5.82 Å². The highest BCUT2D eigenvalue weighted by molar-refractivity contribution is 7.18. The first-order valence-corrected chi connectivity index (χ1v) is 9.97. The number of aromatic nitrogens is 5. The Bertz CT molecular complexity index is 1270. The van der Waals surface area contributed by atoms with Crippen molar-refractivity contribution >= 4 is 33.1 Å². The monoisotopic (exact) mass is 408 g/mol. The molecule has 148 valence electrons. The third-order valence-corrected chi connectivity index (χ3v) is 5.89. The Morgan fingerprint density at radius 3 is 2.90 bits per heavy atom. The lowest BCUT2D eigenvalue weighted by Gasteiger charge is -2.07. The molecule has 0 unspecified atom stereocenters. The number of aromatic amines is 1. The largest absolute Gasteiger partial charge is 0.326 e. The second kappa shape index (κ2) is 7.59. The second-order valence-electron chi connectivity index (χ2n) is 6.87. The van der Waals surface area contributed by atoms with Gasteiger partial charge in [-0.1, -0.05) is 12.1 Å². The molecule has 4 aromatic rings. The van der Waals surface area contributed by atoms with Crippen LogP contribution < -0.4 is 10.9 Å². The fourth-order valence-electron chi connectivity index (χ4n) is 3.15. The smallest absolute Gasteiger partial charge is 0.259 e. The number of nitrogens with one attached hydrogen (secondary N) is 2. The molecule has 0 aliphatic carbocycles. The summed E-state index contributed by atoms with van der Waals surface area (Å²) in [5.74, 6) is 1.09. The van der Waals surface area contributed by atoms with Gasteiger partial charge in [0.1, 0.15) is 17.0 Å². The van der Waals surface area contributed by atoms with Gasteiger partial charge < -0.3 is 14.9 Å². The lowest BCUT2D eigenvalue weighted by atomic mass is 10.2. The van der Waals surface area contributed by atoms with E-state index >= 15 is 0 Å². The molecular weight excluding hydrogens is 388 g/mol. The highest BCUT2D eigenvalue weighted by Gasteiger charge is 2.13. The molecule has 3 aromatic heterocycles. The summed E-state index contributed by atoms with van der Waals surface area (Å²) in [6.45, 7) is 3.90. The van der Waals surface area contributed by atoms with E-state index in [0.717, 1.165) is 26.7 Å². The molecule has 4 rings (SSSR count). The van der Waals surface area contributed by atoms with E-state index in [2.05, 4.69) is 25.5 Å². The van der Waals surface area contributed by atoms with Gasteiger partial charge in [0, 0.05) is 36.0 Å². The summed E-state index contributed by atoms with van der Waals surface area (Å²) < 4.78 is 1.81. The number of thiophene rings is 1. The summed E-state index contributed by atoms with van der Waals surface area (Å²) in [6.07, 6.45) is 2.20. The van der Waals surface area contributed by atoms with E-state index in [1.54, 1.807) is 6.33 Å². The fourth-order valence-corrected chi connectivity index (χ4v) is 4.20. The van der Waals surface area contributed by atoms with Gasteiger partial charge in [-0.05, 0) is 31.5 Å². The summed E-state index contributed by atoms with van der Waals surface area (Å²) in [4.78, 5) is 33.9. The Morgan fingerprint density at radius 1 is 1.31 bits per heavy atom. The molecule has 1 aromatic carbocycles. The minimum Gasteiger partial charge on any atom is -0.326 e. The molecule has 3 heterocycles. The normalized spacial score (nSPS) is 11.1. The van der Waals surface area contributed by atoms with E-state index in [0.29, 0.717) is 23.3 Å². The summed E-state index contributed by atoms with van der Waals surface area (Å²) in [7, 11) is 1.86. The third kappa shape index (κ3) is 3.81. The molecule has 2 N–H and O–H groups in total. The first kappa shape index (κ1) is 19.0. The molecule has 0 aliphatic rings. The van der Waals surface area contributed by atoms with E-state index in [9.17, 15) is 9.59 Å². The highest BCUT2D eigenvalue weighted by atomic mass is 32.1. The molecule has 0 bridgehead atoms. The Labute approximate surface area is 170 Å². The lowest BCUT2D eigenvalue weighted by molar-refractivity contribution is -0.116. The van der Waals surface area contributed by atoms with Gasteiger partial charge in [0.25, 0.3) is 5.56 Å². The highest BCUT2D eigenvalue weighted by Crippen LogP contribution is 2.26. The number of carbonyl (C=O) groups is 1. The second-order valence-corrected chi connectivity index (χ2v) is 8.07. The SMILES string of the molecule is Cc1sc2nc(CCC(=O)Nc3cccc(-c4nncn4C)c3)[nH]c(=O)c2c1C. The van der Waals surface area contributed by atoms with Crippen LogP contribution in [0.25, 0.3) is 21.6 Å². The minimum absolute atomic E-state index is 0.149. The molecule has 0 fully saturated rings. The molecule has 0 radical (unpaired) electrons. The summed E-state index contributed by atoms with van der Waals surface area (Å²) in [6, 6.07) is 7.44. The zero-order valence-electron chi connectivity index (χ0n) is 16.3. The average Bonchev–Trinajstić information content (AvgIpc) is 3.23. The van der Waals surface area contributed by atoms with Crippen molar-refractivity contribution in [1.82, 2.24) is 24.7 Å². The summed E-state index contributed by atoms with van der Waals surface area (Å²) in [5, 5.41) is 11.5. The standard InChI is InChI=1S/C20H20N6O2S/c1-11-12(2)29-20-17(11)19(28)23-15(24-20)7-8-16(27)22-14-6-4-5-13(9-14)18-25-21-10-26(18)3/h4-6,9-10H,7-8H2,1-3H3,(H,22,27)(H,23,24,28). The quantitative estimate of drug-likeness (QED) is 0.528. The van der Waals surface area contributed by atoms with Gasteiger partial charge in [-0.15, -0.1) is 21.5 Å². The number of nitrogens with zero attached hydrogens (tertiary/aromatic N) is 4. The Morgan fingerprint density at radius 2 is 2.14 bits per heavy atom. The van der Waals surface area contributed by atoms with Crippen molar-refractivity contribution in [3.05, 3.63) is 57.2 Å². The molecule has 29 heavy (non-hydrogen) atoms. The zero-order chi connectivity index (χ0) is 20.5. The van der Waals surface area contributed by atoms with Crippen LogP contribution in [-0.2, 0) is 18.3 Å². The molecule has 0 spiro atoms. The number of rotatable bonds is 5. The van der Waals surface area contributed by atoms with Crippen LogP contribution in [0.5, 0.6) is 0 Å². The number of fused-ring (bicyclic) bond motifs is 1. The van der Waals surface area contributed by atoms with Crippen LogP contribution >= 0.6 is 11.3 Å². The number of anilines is 1. The van der Waals surface area contributed by atoms with Crippen molar-refractivity contribution in [3.63, 3.8) is 0 Å². The van der Waals surface area contributed by atoms with Crippen molar-refractivity contribution in [2.24, 2.45) is 7.05 Å². The van der Waals surface area contributed by atoms with Gasteiger partial charge in [-0.25, -0.2) is 4.98 Å². The fraction of sp³-hybridized carbons (Fsp3) is 0.250. The minimum atomic E-state index is -0.151. The summed E-state index contributed by atoms with van der Waals surface area (Å²) >= 11 is 1.50. The molecule has 0 atom stereocenters. The number of aryl methyl sites for hydroxylation is 4. The molecule has 0 aliphatic heterocycles. The average molecular weight is 408 g/mol. The molecular formula is C20H20N6O2S. The maximum Gasteiger partial charge on any atom is 0.259 e. The van der Waals surface area contributed by atoms with Crippen LogP contribution in [0.3, 0.4) is 0 Å². The van der Waals surface area contributed by atoms with Gasteiger partial charge in [0.2, 0.25) is 5.91 Å². The first-order valence-electron chi connectivity index (χ1n) is 9.15. The van der Waals surface area contributed by atoms with Crippen molar-refractivity contribution in [1.29, 1.82) is 0 Å². The van der Waals surface area contributed by atoms with Crippen molar-refractivity contribution in [2.75, 3.05) is 5.32 Å². The number of hydrogen-bond acceptors (Lipinski definition) is 6. The van der Waals surface area contributed by atoms with Gasteiger partial charge in [-0.3, -0.25) is 9.59 Å². The van der Waals surface area contributed by atoms with Crippen molar-refractivity contribution in [3.8, 4) is 11.4 Å². The van der Waals surface area contributed by atoms with Crippen LogP contribution in [0.1, 0.15) is 22.7 Å². The first-order chi connectivity index (χ1) is 13.9. The van der Waals surface area contributed by atoms with E-state index in [1.807, 2.05) is 49.7 Å². The number of carbonyl (C=O) groups excluding carboxylic acids is 1. The van der Waals surface area contributed by atoms with Gasteiger partial charge >= 0.3 is 0 Å². The van der Waals surface area contributed by atoms with Gasteiger partial charge in [-0.2, -0.15) is 0 Å². The predicted octanol–water partition coefficient (Wildman–Crippen LogP) is 2.97. The van der Waals surface area contributed by atoms with Crippen LogP contribution in [0.15, 0.2) is 35.4 Å². The zero-order valence-corrected chi connectivity index (χ0v) is 17.1. The summed E-state index contributed by atoms with van der Waals surface area (Å²) in [5.41, 5.74) is 2.36. The maximum absolute atomic E-state index is 12.4. The van der Waals surface area contributed by atoms with Crippen LogP contribution in [0.2, 0.25) is 0 Å². The molecule has 9 heteroatoms. The van der Waals surface area contributed by atoms with Crippen LogP contribution in [0, 0.1) is 13.8 Å². The Kier molecular flexibility index (Phi) is 4.98. The number of benzene rings is 1. The third-order valence-electron chi connectivity index (χ3n) is 4.79. The topological polar surface area (TPSA) is 106 Å². The maximum atomic E-state index is 12.4. The lowest BCUT2D eigenvalue weighted by Crippen LogP contribution is -2.16. The van der Waals surface area contributed by atoms with Crippen LogP contribution in [-0.4, -0.2) is 30.6 Å². The molecule has 1 amide bonds. The van der Waals surface area contributed by atoms with E-state index in [1.165, 1.54) is 11.3 Å². The number of H-pyrrole nitrogens is 1. The van der Waals surface area contributed by atoms with Gasteiger partial charge in [0.05, 0.1) is 5.39 Å². The predicted molar refractivity (Wildman–Crippen MR) is 113 cm³/mol. The van der Waals surface area contributed by atoms with Crippen molar-refractivity contribution < 1.29 is 4.79 Å². The van der Waals surface area contributed by atoms with E-state index in [-0.39, 0.29) is 17.9 Å². The van der Waals surface area contributed by atoms with Crippen LogP contribution in [0.4, 0.5) is 5.69 Å². The number of hydrogen-bond donors (Lipinski definition) is 2. The van der Waals surface area contributed by atoms with E-state index in [4.69, 9.17) is 0 Å². The Hall–Kier alpha value is -3.33.